The van der Waals surface area contributed by atoms with Crippen LogP contribution in [-0.4, -0.2) is 37.9 Å². The molecule has 2 aliphatic rings. The molecule has 0 aromatic heterocycles. The van der Waals surface area contributed by atoms with Crippen molar-refractivity contribution >= 4 is 18.7 Å². The molecule has 2 aromatic rings. The van der Waals surface area contributed by atoms with Gasteiger partial charge in [-0.15, -0.1) is 0 Å². The van der Waals surface area contributed by atoms with Crippen molar-refractivity contribution in [2.75, 3.05) is 13.1 Å². The van der Waals surface area contributed by atoms with Crippen molar-refractivity contribution in [2.45, 2.75) is 63.6 Å². The zero-order valence-electron chi connectivity index (χ0n) is 17.2. The van der Waals surface area contributed by atoms with Crippen molar-refractivity contribution in [3.8, 4) is 0 Å². The van der Waals surface area contributed by atoms with Crippen LogP contribution in [0.5, 0.6) is 0 Å². The van der Waals surface area contributed by atoms with Gasteiger partial charge in [0.1, 0.15) is 0 Å². The molecule has 2 nitrogen and oxygen atoms in total. The molecular formula is C24H33NOSi. The quantitative estimate of drug-likeness (QED) is 0.739. The smallest absolute Gasteiger partial charge is 0.261 e. The van der Waals surface area contributed by atoms with E-state index in [4.69, 9.17) is 4.43 Å². The minimum atomic E-state index is -2.42. The van der Waals surface area contributed by atoms with E-state index in [-0.39, 0.29) is 5.04 Å². The van der Waals surface area contributed by atoms with E-state index in [1.54, 1.807) is 0 Å². The Kier molecular flexibility index (Phi) is 4.82. The summed E-state index contributed by atoms with van der Waals surface area (Å²) in [5.74, 6) is 0. The normalized spacial score (nSPS) is 26.3. The van der Waals surface area contributed by atoms with Crippen LogP contribution < -0.4 is 10.4 Å². The van der Waals surface area contributed by atoms with E-state index in [1.807, 2.05) is 0 Å². The first-order valence-corrected chi connectivity index (χ1v) is 12.3. The summed E-state index contributed by atoms with van der Waals surface area (Å²) in [5, 5.41) is 2.84. The maximum Gasteiger partial charge on any atom is 0.261 e. The van der Waals surface area contributed by atoms with Crippen LogP contribution in [-0.2, 0) is 4.43 Å². The fraction of sp³-hybridized carbons (Fsp3) is 0.500. The van der Waals surface area contributed by atoms with Crippen molar-refractivity contribution in [1.82, 2.24) is 4.90 Å². The fourth-order valence-electron chi connectivity index (χ4n) is 5.44. The molecule has 0 amide bonds. The highest BCUT2D eigenvalue weighted by atomic mass is 28.4. The van der Waals surface area contributed by atoms with Gasteiger partial charge in [0.25, 0.3) is 8.32 Å². The zero-order valence-corrected chi connectivity index (χ0v) is 18.2. The van der Waals surface area contributed by atoms with Crippen molar-refractivity contribution in [1.29, 1.82) is 0 Å². The highest BCUT2D eigenvalue weighted by molar-refractivity contribution is 6.99. The summed E-state index contributed by atoms with van der Waals surface area (Å²) in [4.78, 5) is 2.68. The third-order valence-electron chi connectivity index (χ3n) is 6.76. The Morgan fingerprint density at radius 1 is 0.963 bits per heavy atom. The maximum atomic E-state index is 7.33. The Morgan fingerprint density at radius 3 is 2.00 bits per heavy atom. The Hall–Kier alpha value is -1.42. The van der Waals surface area contributed by atoms with E-state index in [2.05, 4.69) is 93.3 Å². The second-order valence-corrected chi connectivity index (χ2v) is 13.9. The van der Waals surface area contributed by atoms with E-state index >= 15 is 0 Å². The Labute approximate surface area is 165 Å². The van der Waals surface area contributed by atoms with E-state index in [1.165, 1.54) is 29.8 Å². The summed E-state index contributed by atoms with van der Waals surface area (Å²) in [6, 6.07) is 22.1. The number of fused-ring (bicyclic) bond motifs is 1. The third kappa shape index (κ3) is 3.20. The molecule has 0 spiro atoms. The van der Waals surface area contributed by atoms with Crippen LogP contribution >= 0.6 is 0 Å². The highest BCUT2D eigenvalue weighted by Gasteiger charge is 2.54. The molecule has 0 saturated carbocycles. The largest absolute Gasteiger partial charge is 0.403 e. The molecule has 2 aliphatic heterocycles. The number of hydrogen-bond acceptors (Lipinski definition) is 2. The monoisotopic (exact) mass is 379 g/mol. The van der Waals surface area contributed by atoms with E-state index in [9.17, 15) is 0 Å². The molecular weight excluding hydrogens is 346 g/mol. The standard InChI is InChI=1S/C24H33NOSi/c1-23(2,3)27(21-12-7-5-8-13-21,22-14-9-6-10-15-22)26-20-18-24(4)16-11-17-25(24)19-20/h5-10,12-15,20H,11,16-19H2,1-4H3/t20-,24?/m0/s1. The van der Waals surface area contributed by atoms with Crippen LogP contribution in [0.3, 0.4) is 0 Å². The topological polar surface area (TPSA) is 12.5 Å². The molecule has 2 saturated heterocycles. The summed E-state index contributed by atoms with van der Waals surface area (Å²) in [5.41, 5.74) is 0.343. The van der Waals surface area contributed by atoms with Crippen LogP contribution in [0.15, 0.2) is 60.7 Å². The van der Waals surface area contributed by atoms with Crippen LogP contribution in [0.2, 0.25) is 5.04 Å². The van der Waals surface area contributed by atoms with Crippen LogP contribution in [0.25, 0.3) is 0 Å². The second-order valence-electron chi connectivity index (χ2n) is 9.65. The lowest BCUT2D eigenvalue weighted by Crippen LogP contribution is -2.67. The van der Waals surface area contributed by atoms with Gasteiger partial charge in [0.05, 0.1) is 6.10 Å². The van der Waals surface area contributed by atoms with Gasteiger partial charge in [-0.3, -0.25) is 4.90 Å². The highest BCUT2D eigenvalue weighted by Crippen LogP contribution is 2.43. The molecule has 0 bridgehead atoms. The number of benzene rings is 2. The zero-order chi connectivity index (χ0) is 19.1. The van der Waals surface area contributed by atoms with Gasteiger partial charge in [0.2, 0.25) is 0 Å². The molecule has 1 unspecified atom stereocenters. The first-order chi connectivity index (χ1) is 12.9. The molecule has 2 atom stereocenters. The average Bonchev–Trinajstić information content (AvgIpc) is 3.14. The first kappa shape index (κ1) is 18.9. The predicted molar refractivity (Wildman–Crippen MR) is 116 cm³/mol. The second kappa shape index (κ2) is 6.88. The molecule has 2 heterocycles. The van der Waals surface area contributed by atoms with Crippen LogP contribution in [0, 0.1) is 0 Å². The van der Waals surface area contributed by atoms with Gasteiger partial charge in [-0.2, -0.15) is 0 Å². The minimum absolute atomic E-state index is 0.0592. The third-order valence-corrected chi connectivity index (χ3v) is 11.9. The Morgan fingerprint density at radius 2 is 1.52 bits per heavy atom. The van der Waals surface area contributed by atoms with Gasteiger partial charge >= 0.3 is 0 Å². The Bertz CT molecular complexity index is 730. The average molecular weight is 380 g/mol. The number of nitrogens with zero attached hydrogens (tertiary/aromatic N) is 1. The molecule has 144 valence electrons. The SMILES string of the molecule is CC12CCCN1C[C@@H](O[Si](c1ccccc1)(c1ccccc1)C(C)(C)C)C2. The van der Waals surface area contributed by atoms with Gasteiger partial charge in [-0.1, -0.05) is 81.4 Å². The summed E-state index contributed by atoms with van der Waals surface area (Å²) in [7, 11) is -2.42. The van der Waals surface area contributed by atoms with Crippen molar-refractivity contribution in [3.05, 3.63) is 60.7 Å². The van der Waals surface area contributed by atoms with Crippen molar-refractivity contribution in [2.24, 2.45) is 0 Å². The minimum Gasteiger partial charge on any atom is -0.403 e. The number of rotatable bonds is 4. The molecule has 4 rings (SSSR count). The molecule has 0 radical (unpaired) electrons. The lowest BCUT2D eigenvalue weighted by molar-refractivity contribution is 0.188. The summed E-state index contributed by atoms with van der Waals surface area (Å²) in [6.45, 7) is 11.9. The van der Waals surface area contributed by atoms with E-state index < -0.39 is 8.32 Å². The molecule has 0 N–H and O–H groups in total. The molecule has 2 aromatic carbocycles. The predicted octanol–water partition coefficient (Wildman–Crippen LogP) is 4.19. The van der Waals surface area contributed by atoms with Gasteiger partial charge in [-0.05, 0) is 48.1 Å². The first-order valence-electron chi connectivity index (χ1n) is 10.4. The van der Waals surface area contributed by atoms with Crippen molar-refractivity contribution < 1.29 is 4.43 Å². The fourth-order valence-corrected chi connectivity index (χ4v) is 10.1. The summed E-state index contributed by atoms with van der Waals surface area (Å²) in [6.07, 6.45) is 4.13. The van der Waals surface area contributed by atoms with Crippen LogP contribution in [0.4, 0.5) is 0 Å². The van der Waals surface area contributed by atoms with E-state index in [0.717, 1.165) is 13.0 Å². The van der Waals surface area contributed by atoms with Gasteiger partial charge < -0.3 is 4.43 Å². The lowest BCUT2D eigenvalue weighted by Gasteiger charge is -2.44. The van der Waals surface area contributed by atoms with E-state index in [0.29, 0.717) is 11.6 Å². The van der Waals surface area contributed by atoms with Crippen LogP contribution in [0.1, 0.15) is 47.0 Å². The molecule has 27 heavy (non-hydrogen) atoms. The molecule has 3 heteroatoms. The molecule has 0 aliphatic carbocycles. The maximum absolute atomic E-state index is 7.33. The Balaban J connectivity index is 1.79. The van der Waals surface area contributed by atoms with Gasteiger partial charge in [0.15, 0.2) is 0 Å². The summed E-state index contributed by atoms with van der Waals surface area (Å²) >= 11 is 0. The van der Waals surface area contributed by atoms with Gasteiger partial charge in [0, 0.05) is 12.1 Å². The molecule has 2 fully saturated rings. The lowest BCUT2D eigenvalue weighted by atomic mass is 9.96. The number of hydrogen-bond donors (Lipinski definition) is 0. The van der Waals surface area contributed by atoms with Crippen molar-refractivity contribution in [3.63, 3.8) is 0 Å². The summed E-state index contributed by atoms with van der Waals surface area (Å²) < 4.78 is 7.33. The van der Waals surface area contributed by atoms with Gasteiger partial charge in [-0.25, -0.2) is 0 Å².